The van der Waals surface area contributed by atoms with Crippen LogP contribution in [0.2, 0.25) is 6.04 Å². The van der Waals surface area contributed by atoms with Gasteiger partial charge in [0.25, 0.3) is 0 Å². The van der Waals surface area contributed by atoms with E-state index in [0.717, 1.165) is 0 Å². The van der Waals surface area contributed by atoms with Crippen molar-refractivity contribution in [3.8, 4) is 0 Å². The summed E-state index contributed by atoms with van der Waals surface area (Å²) in [6.07, 6.45) is 12.9. The minimum atomic E-state index is -0.486. The molecule has 0 fully saturated rings. The molecule has 0 bridgehead atoms. The summed E-state index contributed by atoms with van der Waals surface area (Å²) >= 11 is 0. The van der Waals surface area contributed by atoms with E-state index >= 15 is 0 Å². The van der Waals surface area contributed by atoms with Crippen molar-refractivity contribution >= 4 is 32.6 Å². The van der Waals surface area contributed by atoms with E-state index in [9.17, 15) is 0 Å². The fourth-order valence-electron chi connectivity index (χ4n) is 6.12. The Labute approximate surface area is 266 Å². The van der Waals surface area contributed by atoms with Crippen LogP contribution in [0.3, 0.4) is 0 Å². The largest absolute Gasteiger partial charge is 0.327 e. The minimum absolute atomic E-state index is 0.0745. The molecular weight excluding hydrogens is 547 g/mol. The van der Waals surface area contributed by atoms with Crippen LogP contribution in [-0.2, 0) is 5.16 Å². The molecule has 6 aromatic rings. The van der Waals surface area contributed by atoms with E-state index in [1.165, 1.54) is 46.4 Å². The molecule has 0 spiro atoms. The van der Waals surface area contributed by atoms with Gasteiger partial charge in [-0.15, -0.1) is 0 Å². The molecule has 0 saturated carbocycles. The van der Waals surface area contributed by atoms with Gasteiger partial charge >= 0.3 is 0 Å². The maximum absolute atomic E-state index is 4.37. The fourth-order valence-corrected chi connectivity index (χ4v) is 8.66. The van der Waals surface area contributed by atoms with Gasteiger partial charge in [-0.2, -0.15) is 0 Å². The first-order chi connectivity index (χ1) is 21.8. The quantitative estimate of drug-likeness (QED) is 0.0927. The van der Waals surface area contributed by atoms with Crippen LogP contribution in [0.5, 0.6) is 0 Å². The van der Waals surface area contributed by atoms with Gasteiger partial charge in [0.1, 0.15) is 0 Å². The van der Waals surface area contributed by atoms with Gasteiger partial charge in [0.15, 0.2) is 0 Å². The number of nitrogens with zero attached hydrogens (tertiary/aromatic N) is 2. The summed E-state index contributed by atoms with van der Waals surface area (Å²) in [7, 11) is -0.486. The van der Waals surface area contributed by atoms with Crippen molar-refractivity contribution in [2.45, 2.75) is 31.0 Å². The predicted molar refractivity (Wildman–Crippen MR) is 193 cm³/mol. The van der Waals surface area contributed by atoms with E-state index < -0.39 is 9.52 Å². The molecule has 1 aromatic heterocycles. The molecule has 0 aliphatic rings. The zero-order valence-electron chi connectivity index (χ0n) is 25.6. The average Bonchev–Trinajstić information content (AvgIpc) is 3.65. The lowest BCUT2D eigenvalue weighted by atomic mass is 9.37. The number of imidazole rings is 1. The molecule has 0 amide bonds. The Kier molecular flexibility index (Phi) is 11.4. The highest BCUT2D eigenvalue weighted by atomic mass is 28.2. The van der Waals surface area contributed by atoms with Crippen LogP contribution in [0.15, 0.2) is 183 Å². The molecule has 2 nitrogen and oxygen atoms in total. The van der Waals surface area contributed by atoms with E-state index in [1.54, 1.807) is 0 Å². The summed E-state index contributed by atoms with van der Waals surface area (Å²) in [6.45, 7) is 2.41. The Bertz CT molecular complexity index is 1510. The van der Waals surface area contributed by atoms with Gasteiger partial charge in [0, 0.05) is 12.4 Å². The molecule has 4 heteroatoms. The predicted octanol–water partition coefficient (Wildman–Crippen LogP) is 6.78. The molecule has 0 radical (unpaired) electrons. The molecule has 44 heavy (non-hydrogen) atoms. The van der Waals surface area contributed by atoms with Crippen molar-refractivity contribution in [2.75, 3.05) is 0 Å². The topological polar surface area (TPSA) is 17.8 Å². The Morgan fingerprint density at radius 1 is 0.636 bits per heavy atom. The molecule has 0 aliphatic carbocycles. The maximum atomic E-state index is 4.37. The molecule has 0 unspecified atom stereocenters. The third-order valence-corrected chi connectivity index (χ3v) is 11.0. The molecule has 0 N–H and O–H groups in total. The molecule has 6 rings (SSSR count). The average molecular weight is 589 g/mol. The summed E-state index contributed by atoms with van der Waals surface area (Å²) < 4.78 is 2.33. The standard InChI is InChI=1S/C22H26N2Si.C18H15B/c1-2-3-4-11-18-25-22(24-17-16-23-19-24,20-12-7-5-8-13-20)21-14-9-6-10-15-21;1-4-10-16(11-5-1)19(17-12-6-2-7-13-17)18-14-8-3-9-15-18/h2-3,5-10,12-17,19H,4,11,18,25H2,1H3;1-15H. The SMILES string of the molecule is CC=CCCC[SiH2]C(c1ccccc1)(c1ccccc1)n1ccnc1.c1ccc(B(c2ccccc2)c2ccccc2)cc1. The normalized spacial score (nSPS) is 11.4. The lowest BCUT2D eigenvalue weighted by Gasteiger charge is -2.37. The van der Waals surface area contributed by atoms with Crippen LogP contribution < -0.4 is 16.4 Å². The first kappa shape index (κ1) is 30.8. The van der Waals surface area contributed by atoms with Crippen molar-refractivity contribution in [1.29, 1.82) is 0 Å². The second kappa shape index (κ2) is 16.3. The first-order valence-corrected chi connectivity index (χ1v) is 17.4. The van der Waals surface area contributed by atoms with Crippen molar-refractivity contribution < 1.29 is 0 Å². The summed E-state index contributed by atoms with van der Waals surface area (Å²) in [5.74, 6) is 0. The maximum Gasteiger partial charge on any atom is 0.241 e. The number of rotatable bonds is 11. The highest BCUT2D eigenvalue weighted by Crippen LogP contribution is 2.34. The van der Waals surface area contributed by atoms with Crippen molar-refractivity contribution in [2.24, 2.45) is 0 Å². The van der Waals surface area contributed by atoms with E-state index in [-0.39, 0.29) is 5.16 Å². The van der Waals surface area contributed by atoms with Crippen molar-refractivity contribution in [1.82, 2.24) is 9.55 Å². The summed E-state index contributed by atoms with van der Waals surface area (Å²) in [6, 6.07) is 55.2. The number of aromatic nitrogens is 2. The Morgan fingerprint density at radius 2 is 1.07 bits per heavy atom. The van der Waals surface area contributed by atoms with Gasteiger partial charge in [-0.05, 0) is 24.5 Å². The molecule has 0 saturated heterocycles. The van der Waals surface area contributed by atoms with Crippen LogP contribution in [0.4, 0.5) is 0 Å². The van der Waals surface area contributed by atoms with Gasteiger partial charge in [0.05, 0.1) is 21.0 Å². The van der Waals surface area contributed by atoms with Crippen molar-refractivity contribution in [3.63, 3.8) is 0 Å². The van der Waals surface area contributed by atoms with Gasteiger partial charge in [-0.1, -0.05) is 193 Å². The Balaban J connectivity index is 0.000000181. The number of unbranched alkanes of at least 4 members (excludes halogenated alkanes) is 1. The lowest BCUT2D eigenvalue weighted by Crippen LogP contribution is -2.51. The first-order valence-electron chi connectivity index (χ1n) is 15.7. The lowest BCUT2D eigenvalue weighted by molar-refractivity contribution is 0.589. The van der Waals surface area contributed by atoms with Crippen LogP contribution in [0.25, 0.3) is 0 Å². The van der Waals surface area contributed by atoms with Crippen LogP contribution in [-0.4, -0.2) is 25.8 Å². The summed E-state index contributed by atoms with van der Waals surface area (Å²) in [5, 5.41) is -0.0745. The Morgan fingerprint density at radius 3 is 1.45 bits per heavy atom. The van der Waals surface area contributed by atoms with Crippen molar-refractivity contribution in [3.05, 3.63) is 194 Å². The number of benzene rings is 5. The van der Waals surface area contributed by atoms with E-state index in [1.807, 2.05) is 12.5 Å². The highest BCUT2D eigenvalue weighted by Gasteiger charge is 2.35. The summed E-state index contributed by atoms with van der Waals surface area (Å²) in [4.78, 5) is 4.37. The zero-order valence-corrected chi connectivity index (χ0v) is 27.0. The van der Waals surface area contributed by atoms with Gasteiger partial charge in [-0.25, -0.2) is 4.98 Å². The van der Waals surface area contributed by atoms with Gasteiger partial charge in [-0.3, -0.25) is 0 Å². The molecule has 0 aliphatic heterocycles. The fraction of sp³-hybridized carbons (Fsp3) is 0.125. The van der Waals surface area contributed by atoms with Crippen LogP contribution in [0.1, 0.15) is 30.9 Å². The van der Waals surface area contributed by atoms with Gasteiger partial charge in [0.2, 0.25) is 6.71 Å². The smallest absolute Gasteiger partial charge is 0.241 e. The number of allylic oxidation sites excluding steroid dienone is 2. The second-order valence-electron chi connectivity index (χ2n) is 11.0. The highest BCUT2D eigenvalue weighted by molar-refractivity contribution is 6.95. The summed E-state index contributed by atoms with van der Waals surface area (Å²) in [5.41, 5.74) is 6.74. The molecule has 1 heterocycles. The molecule has 5 aromatic carbocycles. The zero-order chi connectivity index (χ0) is 30.3. The molecule has 218 valence electrons. The molecular formula is C40H41BN2Si. The van der Waals surface area contributed by atoms with E-state index in [2.05, 4.69) is 186 Å². The van der Waals surface area contributed by atoms with Gasteiger partial charge < -0.3 is 4.57 Å². The number of hydrogen-bond acceptors (Lipinski definition) is 1. The third-order valence-electron chi connectivity index (χ3n) is 8.24. The van der Waals surface area contributed by atoms with Crippen LogP contribution in [0, 0.1) is 0 Å². The Hall–Kier alpha value is -4.67. The monoisotopic (exact) mass is 588 g/mol. The van der Waals surface area contributed by atoms with E-state index in [0.29, 0.717) is 6.71 Å². The third kappa shape index (κ3) is 7.64. The van der Waals surface area contributed by atoms with Crippen LogP contribution >= 0.6 is 0 Å². The minimum Gasteiger partial charge on any atom is -0.327 e. The van der Waals surface area contributed by atoms with E-state index in [4.69, 9.17) is 0 Å². The second-order valence-corrected chi connectivity index (χ2v) is 13.3. The number of hydrogen-bond donors (Lipinski definition) is 0. The molecule has 0 atom stereocenters.